The number of pyridine rings is 1. The number of hydrogen-bond acceptors (Lipinski definition) is 4. The van der Waals surface area contributed by atoms with Crippen LogP contribution < -0.4 is 0 Å². The fourth-order valence-electron chi connectivity index (χ4n) is 0.940. The maximum Gasteiger partial charge on any atom is 0.313 e. The van der Waals surface area contributed by atoms with Crippen LogP contribution in [0.25, 0.3) is 0 Å². The van der Waals surface area contributed by atoms with Crippen LogP contribution >= 0.6 is 23.2 Å². The third-order valence-electron chi connectivity index (χ3n) is 1.72. The third-order valence-corrected chi connectivity index (χ3v) is 2.27. The minimum atomic E-state index is -0.876. The van der Waals surface area contributed by atoms with E-state index >= 15 is 0 Å². The Bertz CT molecular complexity index is 451. The zero-order valence-corrected chi connectivity index (χ0v) is 9.60. The van der Waals surface area contributed by atoms with Crippen LogP contribution in [-0.4, -0.2) is 23.8 Å². The van der Waals surface area contributed by atoms with Gasteiger partial charge in [0.25, 0.3) is 0 Å². The maximum absolute atomic E-state index is 13.0. The molecule has 0 radical (unpaired) electrons. The van der Waals surface area contributed by atoms with Crippen molar-refractivity contribution in [3.63, 3.8) is 0 Å². The van der Waals surface area contributed by atoms with E-state index in [1.54, 1.807) is 0 Å². The number of carbonyl (C=O) groups is 2. The summed E-state index contributed by atoms with van der Waals surface area (Å²) in [6.07, 6.45) is -0.529. The van der Waals surface area contributed by atoms with Crippen molar-refractivity contribution in [2.75, 3.05) is 7.11 Å². The quantitative estimate of drug-likeness (QED) is 0.364. The normalized spacial score (nSPS) is 10.0. The molecule has 0 fully saturated rings. The fraction of sp³-hybridized carbons (Fsp3) is 0.222. The molecule has 7 heteroatoms. The van der Waals surface area contributed by atoms with Gasteiger partial charge in [-0.25, -0.2) is 9.37 Å². The first-order chi connectivity index (χ1) is 7.45. The minimum absolute atomic E-state index is 0.200. The van der Waals surface area contributed by atoms with Crippen molar-refractivity contribution in [3.05, 3.63) is 27.8 Å². The molecule has 0 bridgehead atoms. The first-order valence-electron chi connectivity index (χ1n) is 4.07. The van der Waals surface area contributed by atoms with Crippen LogP contribution in [0.5, 0.6) is 0 Å². The van der Waals surface area contributed by atoms with Gasteiger partial charge in [-0.3, -0.25) is 9.59 Å². The van der Waals surface area contributed by atoms with Crippen LogP contribution in [0.15, 0.2) is 6.07 Å². The van der Waals surface area contributed by atoms with Gasteiger partial charge in [0.15, 0.2) is 16.8 Å². The van der Waals surface area contributed by atoms with Gasteiger partial charge < -0.3 is 4.74 Å². The summed E-state index contributed by atoms with van der Waals surface area (Å²) in [6.45, 7) is 0. The lowest BCUT2D eigenvalue weighted by Crippen LogP contribution is -2.11. The number of halogens is 3. The Hall–Kier alpha value is -1.20. The minimum Gasteiger partial charge on any atom is -0.469 e. The number of Topliss-reactive ketones (excluding diaryl/α,β-unsaturated/α-hetero) is 1. The van der Waals surface area contributed by atoms with Gasteiger partial charge in [0, 0.05) is 0 Å². The average Bonchev–Trinajstić information content (AvgIpc) is 2.23. The van der Waals surface area contributed by atoms with Crippen LogP contribution in [-0.2, 0) is 9.53 Å². The summed E-state index contributed by atoms with van der Waals surface area (Å²) in [4.78, 5) is 25.7. The number of esters is 1. The molecule has 16 heavy (non-hydrogen) atoms. The molecule has 0 aliphatic heterocycles. The smallest absolute Gasteiger partial charge is 0.313 e. The van der Waals surface area contributed by atoms with Gasteiger partial charge in [-0.1, -0.05) is 23.2 Å². The van der Waals surface area contributed by atoms with Gasteiger partial charge in [0.2, 0.25) is 0 Å². The van der Waals surface area contributed by atoms with E-state index in [1.807, 2.05) is 0 Å². The molecule has 1 heterocycles. The second-order valence-corrected chi connectivity index (χ2v) is 3.49. The lowest BCUT2D eigenvalue weighted by atomic mass is 10.1. The predicted molar refractivity (Wildman–Crippen MR) is 55.2 cm³/mol. The summed E-state index contributed by atoms with van der Waals surface area (Å²) in [5.41, 5.74) is -0.200. The average molecular weight is 266 g/mol. The third kappa shape index (κ3) is 2.90. The van der Waals surface area contributed by atoms with E-state index in [1.165, 1.54) is 0 Å². The summed E-state index contributed by atoms with van der Waals surface area (Å²) < 4.78 is 17.3. The Morgan fingerprint density at radius 2 is 2.06 bits per heavy atom. The Morgan fingerprint density at radius 1 is 1.44 bits per heavy atom. The number of ether oxygens (including phenoxy) is 1. The zero-order valence-electron chi connectivity index (χ0n) is 8.09. The van der Waals surface area contributed by atoms with Crippen LogP contribution in [0.4, 0.5) is 4.39 Å². The van der Waals surface area contributed by atoms with Gasteiger partial charge >= 0.3 is 5.97 Å². The molecule has 4 nitrogen and oxygen atoms in total. The topological polar surface area (TPSA) is 56.3 Å². The summed E-state index contributed by atoms with van der Waals surface area (Å²) in [6, 6.07) is 0.836. The summed E-state index contributed by atoms with van der Waals surface area (Å²) in [7, 11) is 1.14. The molecular weight excluding hydrogens is 260 g/mol. The lowest BCUT2D eigenvalue weighted by molar-refractivity contribution is -0.139. The largest absolute Gasteiger partial charge is 0.469 e. The van der Waals surface area contributed by atoms with Crippen molar-refractivity contribution in [2.24, 2.45) is 0 Å². The molecule has 1 rings (SSSR count). The standard InChI is InChI=1S/C9H6Cl2FNO3/c1-16-7(15)3-6(14)4-2-5(12)9(11)13-8(4)10/h2H,3H2,1H3. The van der Waals surface area contributed by atoms with Gasteiger partial charge in [-0.15, -0.1) is 0 Å². The van der Waals surface area contributed by atoms with Crippen LogP contribution in [0.1, 0.15) is 16.8 Å². The Balaban J connectivity index is 3.00. The van der Waals surface area contributed by atoms with E-state index in [0.29, 0.717) is 0 Å². The number of carbonyl (C=O) groups excluding carboxylic acids is 2. The number of ketones is 1. The molecule has 0 aromatic carbocycles. The maximum atomic E-state index is 13.0. The van der Waals surface area contributed by atoms with Crippen molar-refractivity contribution in [3.8, 4) is 0 Å². The molecule has 0 aliphatic rings. The highest BCUT2D eigenvalue weighted by Gasteiger charge is 2.18. The molecule has 0 spiro atoms. The zero-order chi connectivity index (χ0) is 12.3. The molecule has 0 atom stereocenters. The molecular formula is C9H6Cl2FNO3. The van der Waals surface area contributed by atoms with Gasteiger partial charge in [-0.05, 0) is 6.07 Å². The number of nitrogens with zero attached hydrogens (tertiary/aromatic N) is 1. The molecule has 0 unspecified atom stereocenters. The highest BCUT2D eigenvalue weighted by atomic mass is 35.5. The van der Waals surface area contributed by atoms with E-state index < -0.39 is 29.1 Å². The first-order valence-corrected chi connectivity index (χ1v) is 4.83. The molecule has 0 aliphatic carbocycles. The molecule has 0 amide bonds. The molecule has 1 aromatic rings. The monoisotopic (exact) mass is 265 g/mol. The van der Waals surface area contributed by atoms with Gasteiger partial charge in [0.05, 0.1) is 12.7 Å². The first kappa shape index (κ1) is 12.9. The highest BCUT2D eigenvalue weighted by molar-refractivity contribution is 6.35. The van der Waals surface area contributed by atoms with Crippen molar-refractivity contribution in [2.45, 2.75) is 6.42 Å². The number of hydrogen-bond donors (Lipinski definition) is 0. The molecule has 86 valence electrons. The molecule has 1 aromatic heterocycles. The fourth-order valence-corrected chi connectivity index (χ4v) is 1.37. The molecule has 0 saturated carbocycles. The van der Waals surface area contributed by atoms with Gasteiger partial charge in [-0.2, -0.15) is 0 Å². The SMILES string of the molecule is COC(=O)CC(=O)c1cc(F)c(Cl)nc1Cl. The van der Waals surface area contributed by atoms with Crippen molar-refractivity contribution < 1.29 is 18.7 Å². The van der Waals surface area contributed by atoms with E-state index in [2.05, 4.69) is 9.72 Å². The molecule has 0 saturated heterocycles. The number of methoxy groups -OCH3 is 1. The van der Waals surface area contributed by atoms with E-state index in [4.69, 9.17) is 23.2 Å². The van der Waals surface area contributed by atoms with Crippen molar-refractivity contribution >= 4 is 35.0 Å². The second-order valence-electron chi connectivity index (χ2n) is 2.78. The summed E-state index contributed by atoms with van der Waals surface area (Å²) in [5.74, 6) is -2.30. The Labute approximate surface area is 100 Å². The lowest BCUT2D eigenvalue weighted by Gasteiger charge is -2.03. The van der Waals surface area contributed by atoms with E-state index in [0.717, 1.165) is 13.2 Å². The van der Waals surface area contributed by atoms with Crippen LogP contribution in [0.2, 0.25) is 10.3 Å². The van der Waals surface area contributed by atoms with Crippen molar-refractivity contribution in [1.82, 2.24) is 4.98 Å². The summed E-state index contributed by atoms with van der Waals surface area (Å²) >= 11 is 10.9. The summed E-state index contributed by atoms with van der Waals surface area (Å²) in [5, 5.41) is -0.681. The Morgan fingerprint density at radius 3 is 2.62 bits per heavy atom. The van der Waals surface area contributed by atoms with Crippen molar-refractivity contribution in [1.29, 1.82) is 0 Å². The number of aromatic nitrogens is 1. The van der Waals surface area contributed by atoms with E-state index in [9.17, 15) is 14.0 Å². The van der Waals surface area contributed by atoms with Crippen LogP contribution in [0.3, 0.4) is 0 Å². The Kier molecular flexibility index (Phi) is 4.20. The second kappa shape index (κ2) is 5.23. The van der Waals surface area contributed by atoms with E-state index in [-0.39, 0.29) is 10.7 Å². The number of rotatable bonds is 3. The van der Waals surface area contributed by atoms with Crippen LogP contribution in [0, 0.1) is 5.82 Å². The highest BCUT2D eigenvalue weighted by Crippen LogP contribution is 2.21. The van der Waals surface area contributed by atoms with Gasteiger partial charge in [0.1, 0.15) is 11.6 Å². The predicted octanol–water partition coefficient (Wildman–Crippen LogP) is 2.27. The molecule has 0 N–H and O–H groups in total.